The predicted molar refractivity (Wildman–Crippen MR) is 113 cm³/mol. The number of nitrogens with zero attached hydrogens (tertiary/aromatic N) is 2. The van der Waals surface area contributed by atoms with Gasteiger partial charge in [0.25, 0.3) is 5.91 Å². The van der Waals surface area contributed by atoms with Crippen LogP contribution >= 0.6 is 0 Å². The number of rotatable bonds is 4. The predicted octanol–water partition coefficient (Wildman–Crippen LogP) is 3.66. The van der Waals surface area contributed by atoms with Crippen LogP contribution in [0.5, 0.6) is 0 Å². The zero-order valence-electron chi connectivity index (χ0n) is 16.1. The van der Waals surface area contributed by atoms with E-state index in [1.165, 1.54) is 5.01 Å². The summed E-state index contributed by atoms with van der Waals surface area (Å²) in [6.07, 6.45) is 0.375. The Morgan fingerprint density at radius 1 is 0.966 bits per heavy atom. The molecule has 0 atom stereocenters. The van der Waals surface area contributed by atoms with Gasteiger partial charge in [0, 0.05) is 30.3 Å². The highest BCUT2D eigenvalue weighted by atomic mass is 16.2. The summed E-state index contributed by atoms with van der Waals surface area (Å²) in [7, 11) is 0. The highest BCUT2D eigenvalue weighted by Crippen LogP contribution is 2.28. The third kappa shape index (κ3) is 3.57. The summed E-state index contributed by atoms with van der Waals surface area (Å²) in [5, 5.41) is 3.33. The van der Waals surface area contributed by atoms with Crippen molar-refractivity contribution in [3.63, 3.8) is 0 Å². The molecule has 1 saturated heterocycles. The van der Waals surface area contributed by atoms with Crippen LogP contribution in [0.1, 0.15) is 30.1 Å². The minimum atomic E-state index is -0.196. The Morgan fingerprint density at radius 3 is 2.45 bits per heavy atom. The second-order valence-corrected chi connectivity index (χ2v) is 6.86. The van der Waals surface area contributed by atoms with E-state index in [1.807, 2.05) is 49.4 Å². The molecule has 146 valence electrons. The number of fused-ring (bicyclic) bond motifs is 1. The molecular weight excluding hydrogens is 366 g/mol. The van der Waals surface area contributed by atoms with Gasteiger partial charge < -0.3 is 4.90 Å². The van der Waals surface area contributed by atoms with E-state index in [-0.39, 0.29) is 30.6 Å². The van der Waals surface area contributed by atoms with Crippen LogP contribution in [0.4, 0.5) is 11.4 Å². The fourth-order valence-electron chi connectivity index (χ4n) is 3.56. The van der Waals surface area contributed by atoms with Crippen molar-refractivity contribution in [2.75, 3.05) is 16.5 Å². The molecule has 6 heteroatoms. The summed E-state index contributed by atoms with van der Waals surface area (Å²) in [6, 6.07) is 20.6. The number of anilines is 2. The van der Waals surface area contributed by atoms with Crippen LogP contribution in [0.2, 0.25) is 0 Å². The molecule has 4 rings (SSSR count). The van der Waals surface area contributed by atoms with Gasteiger partial charge in [-0.3, -0.25) is 19.8 Å². The fourth-order valence-corrected chi connectivity index (χ4v) is 3.56. The first-order valence-electron chi connectivity index (χ1n) is 9.60. The molecule has 0 aliphatic carbocycles. The lowest BCUT2D eigenvalue weighted by molar-refractivity contribution is -0.130. The van der Waals surface area contributed by atoms with E-state index in [4.69, 9.17) is 0 Å². The lowest BCUT2D eigenvalue weighted by Gasteiger charge is -2.27. The van der Waals surface area contributed by atoms with E-state index < -0.39 is 0 Å². The highest BCUT2D eigenvalue weighted by Gasteiger charge is 2.25. The molecule has 3 aromatic carbocycles. The summed E-state index contributed by atoms with van der Waals surface area (Å²) >= 11 is 0. The van der Waals surface area contributed by atoms with Gasteiger partial charge in [-0.25, -0.2) is 5.01 Å². The fraction of sp³-hybridized carbons (Fsp3) is 0.174. The second-order valence-electron chi connectivity index (χ2n) is 6.86. The molecule has 0 bridgehead atoms. The first kappa shape index (κ1) is 18.7. The Hall–Kier alpha value is -3.67. The van der Waals surface area contributed by atoms with Crippen LogP contribution in [0.25, 0.3) is 10.8 Å². The molecule has 0 saturated carbocycles. The number of hydrogen-bond acceptors (Lipinski definition) is 3. The topological polar surface area (TPSA) is 69.7 Å². The molecule has 1 fully saturated rings. The van der Waals surface area contributed by atoms with E-state index in [2.05, 4.69) is 5.43 Å². The van der Waals surface area contributed by atoms with Gasteiger partial charge in [-0.2, -0.15) is 0 Å². The number of carbonyl (C=O) groups is 3. The smallest absolute Gasteiger partial charge is 0.258 e. The van der Waals surface area contributed by atoms with Gasteiger partial charge in [0.2, 0.25) is 11.8 Å². The molecule has 1 aliphatic heterocycles. The Balaban J connectivity index is 1.63. The van der Waals surface area contributed by atoms with E-state index >= 15 is 0 Å². The monoisotopic (exact) mass is 387 g/mol. The van der Waals surface area contributed by atoms with Crippen molar-refractivity contribution in [3.05, 3.63) is 72.3 Å². The van der Waals surface area contributed by atoms with Crippen LogP contribution in [-0.4, -0.2) is 24.3 Å². The van der Waals surface area contributed by atoms with Crippen molar-refractivity contribution in [2.24, 2.45) is 0 Å². The second kappa shape index (κ2) is 7.75. The van der Waals surface area contributed by atoms with Crippen molar-refractivity contribution in [1.82, 2.24) is 5.43 Å². The number of carbonyl (C=O) groups excluding carboxylic acids is 3. The highest BCUT2D eigenvalue weighted by molar-refractivity contribution is 6.11. The van der Waals surface area contributed by atoms with E-state index in [0.717, 1.165) is 16.5 Å². The van der Waals surface area contributed by atoms with Gasteiger partial charge in [-0.1, -0.05) is 36.4 Å². The number of hydrazine groups is 1. The molecule has 0 aromatic heterocycles. The number of benzene rings is 3. The molecule has 0 unspecified atom stereocenters. The maximum atomic E-state index is 13.2. The normalized spacial score (nSPS) is 14.0. The third-order valence-electron chi connectivity index (χ3n) is 5.04. The Labute approximate surface area is 168 Å². The molecule has 0 spiro atoms. The standard InChI is InChI=1S/C23H21N3O3/c1-2-25(20-9-5-7-16-6-3-4-8-19(16)20)23(29)17-10-12-18(13-11-17)26-22(28)15-14-21(27)24-26/h3-13H,2,14-15H2,1H3,(H,24,27). The average molecular weight is 387 g/mol. The minimum Gasteiger partial charge on any atom is -0.308 e. The van der Waals surface area contributed by atoms with Crippen molar-refractivity contribution in [1.29, 1.82) is 0 Å². The SMILES string of the molecule is CCN(C(=O)c1ccc(N2NC(=O)CCC2=O)cc1)c1cccc2ccccc12. The van der Waals surface area contributed by atoms with E-state index in [9.17, 15) is 14.4 Å². The van der Waals surface area contributed by atoms with Gasteiger partial charge >= 0.3 is 0 Å². The first-order valence-corrected chi connectivity index (χ1v) is 9.60. The van der Waals surface area contributed by atoms with Crippen molar-refractivity contribution in [2.45, 2.75) is 19.8 Å². The van der Waals surface area contributed by atoms with Crippen molar-refractivity contribution >= 4 is 39.9 Å². The van der Waals surface area contributed by atoms with Crippen LogP contribution in [0.3, 0.4) is 0 Å². The summed E-state index contributed by atoms with van der Waals surface area (Å²) in [5.41, 5.74) is 4.47. The quantitative estimate of drug-likeness (QED) is 0.743. The summed E-state index contributed by atoms with van der Waals surface area (Å²) in [4.78, 5) is 38.6. The Bertz CT molecular complexity index is 1090. The molecule has 0 radical (unpaired) electrons. The minimum absolute atomic E-state index is 0.121. The molecule has 29 heavy (non-hydrogen) atoms. The van der Waals surface area contributed by atoms with Gasteiger partial charge in [0.1, 0.15) is 0 Å². The third-order valence-corrected chi connectivity index (χ3v) is 5.04. The van der Waals surface area contributed by atoms with Crippen LogP contribution in [-0.2, 0) is 9.59 Å². The molecule has 3 aromatic rings. The van der Waals surface area contributed by atoms with E-state index in [0.29, 0.717) is 17.8 Å². The van der Waals surface area contributed by atoms with E-state index in [1.54, 1.807) is 29.2 Å². The lowest BCUT2D eigenvalue weighted by Crippen LogP contribution is -2.50. The average Bonchev–Trinajstić information content (AvgIpc) is 2.76. The molecule has 1 aliphatic rings. The van der Waals surface area contributed by atoms with Crippen molar-refractivity contribution in [3.8, 4) is 0 Å². The Kier molecular flexibility index (Phi) is 4.99. The summed E-state index contributed by atoms with van der Waals surface area (Å²) in [5.74, 6) is -0.489. The molecular formula is C23H21N3O3. The zero-order chi connectivity index (χ0) is 20.4. The van der Waals surface area contributed by atoms with Gasteiger partial charge in [0.05, 0.1) is 11.4 Å². The molecule has 6 nitrogen and oxygen atoms in total. The number of hydrogen-bond donors (Lipinski definition) is 1. The first-order chi connectivity index (χ1) is 14.1. The van der Waals surface area contributed by atoms with Crippen LogP contribution < -0.4 is 15.3 Å². The maximum Gasteiger partial charge on any atom is 0.258 e. The molecule has 1 N–H and O–H groups in total. The summed E-state index contributed by atoms with van der Waals surface area (Å²) in [6.45, 7) is 2.46. The Morgan fingerprint density at radius 2 is 1.69 bits per heavy atom. The van der Waals surface area contributed by atoms with Gasteiger partial charge in [0.15, 0.2) is 0 Å². The summed E-state index contributed by atoms with van der Waals surface area (Å²) < 4.78 is 0. The van der Waals surface area contributed by atoms with Crippen molar-refractivity contribution < 1.29 is 14.4 Å². The maximum absolute atomic E-state index is 13.2. The molecule has 3 amide bonds. The number of amides is 3. The van der Waals surface area contributed by atoms with Crippen LogP contribution in [0.15, 0.2) is 66.7 Å². The largest absolute Gasteiger partial charge is 0.308 e. The molecule has 1 heterocycles. The van der Waals surface area contributed by atoms with Gasteiger partial charge in [-0.15, -0.1) is 0 Å². The number of nitrogens with one attached hydrogen (secondary N) is 1. The van der Waals surface area contributed by atoms with Gasteiger partial charge in [-0.05, 0) is 42.6 Å². The van der Waals surface area contributed by atoms with Crippen LogP contribution in [0, 0.1) is 0 Å². The zero-order valence-corrected chi connectivity index (χ0v) is 16.1. The lowest BCUT2D eigenvalue weighted by atomic mass is 10.1.